The van der Waals surface area contributed by atoms with E-state index in [0.29, 0.717) is 5.82 Å². The summed E-state index contributed by atoms with van der Waals surface area (Å²) in [6.07, 6.45) is 5.89. The van der Waals surface area contributed by atoms with Gasteiger partial charge in [0.15, 0.2) is 11.6 Å². The topological polar surface area (TPSA) is 24.9 Å². The summed E-state index contributed by atoms with van der Waals surface area (Å²) in [5.41, 5.74) is 0. The lowest BCUT2D eigenvalue weighted by Gasteiger charge is -2.05. The second kappa shape index (κ2) is 6.65. The van der Waals surface area contributed by atoms with Crippen LogP contribution in [0.15, 0.2) is 18.3 Å². The van der Waals surface area contributed by atoms with Crippen molar-refractivity contribution < 1.29 is 4.39 Å². The Hall–Kier alpha value is -0.770. The molecule has 1 rings (SSSR count). The molecule has 0 bridgehead atoms. The molecule has 0 aliphatic carbocycles. The standard InChI is InChI=1S/C10H15FN2S/c1-14-8-3-2-6-12-10-9(11)5-4-7-13-10/h4-5,7H,2-3,6,8H2,1H3,(H,12,13). The molecule has 0 atom stereocenters. The van der Waals surface area contributed by atoms with Crippen molar-refractivity contribution >= 4 is 17.6 Å². The number of anilines is 1. The predicted octanol–water partition coefficient (Wildman–Crippen LogP) is 2.78. The first-order valence-corrected chi connectivity index (χ1v) is 6.07. The van der Waals surface area contributed by atoms with E-state index in [1.54, 1.807) is 12.3 Å². The van der Waals surface area contributed by atoms with Crippen molar-refractivity contribution in [1.29, 1.82) is 0 Å². The summed E-state index contributed by atoms with van der Waals surface area (Å²) >= 11 is 1.83. The van der Waals surface area contributed by atoms with E-state index in [9.17, 15) is 4.39 Å². The zero-order valence-electron chi connectivity index (χ0n) is 8.29. The second-order valence-corrected chi connectivity index (χ2v) is 3.95. The van der Waals surface area contributed by atoms with Gasteiger partial charge in [-0.2, -0.15) is 11.8 Å². The molecule has 0 aliphatic rings. The third-order valence-corrected chi connectivity index (χ3v) is 2.52. The average molecular weight is 214 g/mol. The van der Waals surface area contributed by atoms with E-state index in [1.807, 2.05) is 11.8 Å². The number of hydrogen-bond acceptors (Lipinski definition) is 3. The van der Waals surface area contributed by atoms with Crippen molar-refractivity contribution in [3.8, 4) is 0 Å². The van der Waals surface area contributed by atoms with Crippen LogP contribution in [0.3, 0.4) is 0 Å². The number of nitrogens with one attached hydrogen (secondary N) is 1. The molecule has 0 saturated heterocycles. The minimum Gasteiger partial charge on any atom is -0.368 e. The highest BCUT2D eigenvalue weighted by Gasteiger charge is 1.99. The Balaban J connectivity index is 2.21. The predicted molar refractivity (Wildman–Crippen MR) is 60.3 cm³/mol. The van der Waals surface area contributed by atoms with Crippen LogP contribution in [0.4, 0.5) is 10.2 Å². The van der Waals surface area contributed by atoms with Gasteiger partial charge in [0.2, 0.25) is 0 Å². The van der Waals surface area contributed by atoms with Gasteiger partial charge in [-0.15, -0.1) is 0 Å². The van der Waals surface area contributed by atoms with E-state index < -0.39 is 0 Å². The Bertz CT molecular complexity index is 268. The third kappa shape index (κ3) is 3.96. The first kappa shape index (κ1) is 11.3. The van der Waals surface area contributed by atoms with Gasteiger partial charge in [-0.1, -0.05) is 0 Å². The first-order valence-electron chi connectivity index (χ1n) is 4.68. The van der Waals surface area contributed by atoms with Gasteiger partial charge in [-0.3, -0.25) is 0 Å². The highest BCUT2D eigenvalue weighted by atomic mass is 32.2. The fourth-order valence-electron chi connectivity index (χ4n) is 1.09. The van der Waals surface area contributed by atoms with Crippen molar-refractivity contribution in [2.75, 3.05) is 23.9 Å². The molecule has 0 radical (unpaired) electrons. The minimum atomic E-state index is -0.280. The summed E-state index contributed by atoms with van der Waals surface area (Å²) in [7, 11) is 0. The Kier molecular flexibility index (Phi) is 5.37. The largest absolute Gasteiger partial charge is 0.368 e. The summed E-state index contributed by atoms with van der Waals surface area (Å²) in [6.45, 7) is 0.786. The molecule has 1 aromatic heterocycles. The number of thioether (sulfide) groups is 1. The number of aromatic nitrogens is 1. The quantitative estimate of drug-likeness (QED) is 0.737. The van der Waals surface area contributed by atoms with Gasteiger partial charge in [0.1, 0.15) is 0 Å². The van der Waals surface area contributed by atoms with Gasteiger partial charge in [-0.05, 0) is 37.0 Å². The fourth-order valence-corrected chi connectivity index (χ4v) is 1.59. The maximum atomic E-state index is 13.0. The molecule has 14 heavy (non-hydrogen) atoms. The summed E-state index contributed by atoms with van der Waals surface area (Å²) in [6, 6.07) is 3.01. The molecule has 0 spiro atoms. The van der Waals surface area contributed by atoms with Crippen LogP contribution in [0, 0.1) is 5.82 Å². The van der Waals surface area contributed by atoms with Gasteiger partial charge >= 0.3 is 0 Å². The molecule has 0 unspecified atom stereocenters. The molecule has 0 saturated carbocycles. The number of pyridine rings is 1. The van der Waals surface area contributed by atoms with Crippen molar-refractivity contribution in [2.24, 2.45) is 0 Å². The molecule has 0 aliphatic heterocycles. The molecule has 0 fully saturated rings. The Labute approximate surface area is 88.3 Å². The highest BCUT2D eigenvalue weighted by molar-refractivity contribution is 7.98. The maximum absolute atomic E-state index is 13.0. The molecule has 2 nitrogen and oxygen atoms in total. The zero-order chi connectivity index (χ0) is 10.2. The van der Waals surface area contributed by atoms with Gasteiger partial charge in [0, 0.05) is 12.7 Å². The van der Waals surface area contributed by atoms with Crippen LogP contribution >= 0.6 is 11.8 Å². The van der Waals surface area contributed by atoms with Crippen LogP contribution in [-0.2, 0) is 0 Å². The number of unbranched alkanes of at least 4 members (excludes halogenated alkanes) is 1. The molecule has 1 heterocycles. The van der Waals surface area contributed by atoms with E-state index in [2.05, 4.69) is 16.6 Å². The molecule has 1 N–H and O–H groups in total. The fraction of sp³-hybridized carbons (Fsp3) is 0.500. The van der Waals surface area contributed by atoms with E-state index in [4.69, 9.17) is 0 Å². The van der Waals surface area contributed by atoms with E-state index in [-0.39, 0.29) is 5.82 Å². The monoisotopic (exact) mass is 214 g/mol. The molecule has 1 aromatic rings. The van der Waals surface area contributed by atoms with Crippen molar-refractivity contribution in [3.05, 3.63) is 24.1 Å². The van der Waals surface area contributed by atoms with Crippen molar-refractivity contribution in [1.82, 2.24) is 4.98 Å². The molecule has 4 heteroatoms. The number of hydrogen-bond donors (Lipinski definition) is 1. The lowest BCUT2D eigenvalue weighted by Crippen LogP contribution is -2.05. The van der Waals surface area contributed by atoms with Gasteiger partial charge in [0.25, 0.3) is 0 Å². The van der Waals surface area contributed by atoms with E-state index >= 15 is 0 Å². The normalized spacial score (nSPS) is 10.1. The van der Waals surface area contributed by atoms with Crippen LogP contribution < -0.4 is 5.32 Å². The maximum Gasteiger partial charge on any atom is 0.165 e. The molecular weight excluding hydrogens is 199 g/mol. The summed E-state index contributed by atoms with van der Waals surface area (Å²) < 4.78 is 13.0. The number of rotatable bonds is 6. The molecule has 0 aromatic carbocycles. The van der Waals surface area contributed by atoms with Crippen LogP contribution in [0.25, 0.3) is 0 Å². The van der Waals surface area contributed by atoms with E-state index in [1.165, 1.54) is 6.07 Å². The SMILES string of the molecule is CSCCCCNc1ncccc1F. The zero-order valence-corrected chi connectivity index (χ0v) is 9.11. The molecule has 78 valence electrons. The van der Waals surface area contributed by atoms with Gasteiger partial charge < -0.3 is 5.32 Å². The van der Waals surface area contributed by atoms with Crippen LogP contribution in [0.2, 0.25) is 0 Å². The average Bonchev–Trinajstić information content (AvgIpc) is 2.20. The Morgan fingerprint density at radius 2 is 2.36 bits per heavy atom. The number of halogens is 1. The number of nitrogens with zero attached hydrogens (tertiary/aromatic N) is 1. The minimum absolute atomic E-state index is 0.280. The smallest absolute Gasteiger partial charge is 0.165 e. The lowest BCUT2D eigenvalue weighted by molar-refractivity contribution is 0.623. The Morgan fingerprint density at radius 1 is 1.50 bits per heavy atom. The van der Waals surface area contributed by atoms with Crippen LogP contribution in [-0.4, -0.2) is 23.5 Å². The summed E-state index contributed by atoms with van der Waals surface area (Å²) in [4.78, 5) is 3.90. The summed E-state index contributed by atoms with van der Waals surface area (Å²) in [5, 5.41) is 2.98. The third-order valence-electron chi connectivity index (χ3n) is 1.83. The van der Waals surface area contributed by atoms with Crippen molar-refractivity contribution in [3.63, 3.8) is 0 Å². The van der Waals surface area contributed by atoms with Crippen LogP contribution in [0.1, 0.15) is 12.8 Å². The second-order valence-electron chi connectivity index (χ2n) is 2.96. The van der Waals surface area contributed by atoms with E-state index in [0.717, 1.165) is 25.1 Å². The van der Waals surface area contributed by atoms with Gasteiger partial charge in [-0.25, -0.2) is 9.37 Å². The van der Waals surface area contributed by atoms with Crippen LogP contribution in [0.5, 0.6) is 0 Å². The Morgan fingerprint density at radius 3 is 3.07 bits per heavy atom. The van der Waals surface area contributed by atoms with Gasteiger partial charge in [0.05, 0.1) is 0 Å². The molecule has 0 amide bonds. The molecular formula is C10H15FN2S. The summed E-state index contributed by atoms with van der Waals surface area (Å²) in [5.74, 6) is 1.24. The highest BCUT2D eigenvalue weighted by Crippen LogP contribution is 2.08. The van der Waals surface area contributed by atoms with Crippen molar-refractivity contribution in [2.45, 2.75) is 12.8 Å². The lowest BCUT2D eigenvalue weighted by atomic mass is 10.3. The first-order chi connectivity index (χ1) is 6.84.